The summed E-state index contributed by atoms with van der Waals surface area (Å²) in [5.74, 6) is -3.37. The molecule has 138 valence electrons. The summed E-state index contributed by atoms with van der Waals surface area (Å²) in [6.45, 7) is 1.46. The minimum absolute atomic E-state index is 0.181. The molecule has 0 aliphatic rings. The first-order valence-electron chi connectivity index (χ1n) is 7.24. The molecule has 6 nitrogen and oxygen atoms in total. The fourth-order valence-electron chi connectivity index (χ4n) is 2.17. The van der Waals surface area contributed by atoms with E-state index in [-0.39, 0.29) is 6.42 Å². The van der Waals surface area contributed by atoms with E-state index in [1.54, 1.807) is 0 Å². The zero-order valence-electron chi connectivity index (χ0n) is 13.8. The van der Waals surface area contributed by atoms with Crippen molar-refractivity contribution in [3.8, 4) is 0 Å². The Morgan fingerprint density at radius 3 is 2.16 bits per heavy atom. The molecule has 1 amide bonds. The maximum atomic E-state index is 13.0. The van der Waals surface area contributed by atoms with E-state index in [4.69, 9.17) is 0 Å². The Morgan fingerprint density at radius 2 is 1.64 bits per heavy atom. The van der Waals surface area contributed by atoms with Crippen molar-refractivity contribution in [1.29, 1.82) is 0 Å². The summed E-state index contributed by atoms with van der Waals surface area (Å²) in [6.07, 6.45) is -4.91. The molecular weight excluding hydrogens is 343 g/mol. The van der Waals surface area contributed by atoms with Gasteiger partial charge in [0.25, 0.3) is 5.91 Å². The number of benzene rings is 1. The van der Waals surface area contributed by atoms with Gasteiger partial charge in [0.15, 0.2) is 0 Å². The topological polar surface area (TPSA) is 81.7 Å². The van der Waals surface area contributed by atoms with Gasteiger partial charge in [-0.15, -0.1) is 0 Å². The Balaban J connectivity index is 3.04. The van der Waals surface area contributed by atoms with Gasteiger partial charge in [-0.25, -0.2) is 4.79 Å². The highest BCUT2D eigenvalue weighted by Crippen LogP contribution is 2.31. The number of hydrogen-bond donors (Lipinski definition) is 1. The normalized spacial score (nSPS) is 13.5. The van der Waals surface area contributed by atoms with Crippen LogP contribution in [0.1, 0.15) is 29.3 Å². The third kappa shape index (κ3) is 5.47. The fourth-order valence-corrected chi connectivity index (χ4v) is 2.17. The lowest BCUT2D eigenvalue weighted by molar-refractivity contribution is -0.147. The number of halogens is 3. The number of amides is 1. The molecule has 25 heavy (non-hydrogen) atoms. The van der Waals surface area contributed by atoms with Crippen LogP contribution in [0.4, 0.5) is 13.2 Å². The van der Waals surface area contributed by atoms with E-state index >= 15 is 0 Å². The number of methoxy groups -OCH3 is 2. The summed E-state index contributed by atoms with van der Waals surface area (Å²) in [6, 6.07) is 2.88. The van der Waals surface area contributed by atoms with E-state index in [2.05, 4.69) is 14.8 Å². The Labute approximate surface area is 142 Å². The van der Waals surface area contributed by atoms with E-state index in [1.165, 1.54) is 13.0 Å². The Hall–Kier alpha value is -2.58. The summed E-state index contributed by atoms with van der Waals surface area (Å²) in [5.41, 5.74) is -1.76. The smallest absolute Gasteiger partial charge is 0.417 e. The molecule has 0 radical (unpaired) electrons. The maximum Gasteiger partial charge on any atom is 0.417 e. The Morgan fingerprint density at radius 1 is 1.08 bits per heavy atom. The molecule has 0 heterocycles. The first-order chi connectivity index (χ1) is 11.6. The molecular formula is C16H18F3NO5. The minimum atomic E-state index is -4.73. The van der Waals surface area contributed by atoms with Gasteiger partial charge in [-0.1, -0.05) is 19.1 Å². The van der Waals surface area contributed by atoms with E-state index in [1.807, 2.05) is 0 Å². The van der Waals surface area contributed by atoms with E-state index < -0.39 is 47.1 Å². The average Bonchev–Trinajstić information content (AvgIpc) is 2.58. The van der Waals surface area contributed by atoms with Gasteiger partial charge in [-0.2, -0.15) is 13.2 Å². The van der Waals surface area contributed by atoms with Gasteiger partial charge < -0.3 is 14.8 Å². The van der Waals surface area contributed by atoms with Crippen molar-refractivity contribution in [3.05, 3.63) is 35.4 Å². The molecule has 1 rings (SSSR count). The van der Waals surface area contributed by atoms with E-state index in [9.17, 15) is 27.6 Å². The number of esters is 2. The second-order valence-electron chi connectivity index (χ2n) is 5.25. The van der Waals surface area contributed by atoms with Crippen molar-refractivity contribution in [2.75, 3.05) is 14.2 Å². The van der Waals surface area contributed by atoms with Crippen molar-refractivity contribution < 1.29 is 37.0 Å². The van der Waals surface area contributed by atoms with Crippen LogP contribution in [0.25, 0.3) is 0 Å². The second kappa shape index (κ2) is 8.50. The molecule has 1 aromatic carbocycles. The van der Waals surface area contributed by atoms with Crippen molar-refractivity contribution in [2.45, 2.75) is 25.6 Å². The number of alkyl halides is 3. The standard InChI is InChI=1S/C16H18F3NO5/c1-9(14(22)24-2)8-12(15(23)25-3)20-13(21)10-6-4-5-7-11(10)16(17,18)19/h4-7,9,12H,8H2,1-3H3,(H,20,21)/t9-,12+/m0/s1. The molecule has 0 aliphatic heterocycles. The molecule has 0 aliphatic carbocycles. The fraction of sp³-hybridized carbons (Fsp3) is 0.438. The van der Waals surface area contributed by atoms with Crippen molar-refractivity contribution in [2.24, 2.45) is 5.92 Å². The number of rotatable bonds is 6. The number of ether oxygens (including phenoxy) is 2. The maximum absolute atomic E-state index is 13.0. The summed E-state index contributed by atoms with van der Waals surface area (Å²) < 4.78 is 48.1. The van der Waals surface area contributed by atoms with Crippen LogP contribution in [-0.4, -0.2) is 38.1 Å². The van der Waals surface area contributed by atoms with Gasteiger partial charge >= 0.3 is 18.1 Å². The van der Waals surface area contributed by atoms with E-state index in [0.29, 0.717) is 0 Å². The van der Waals surface area contributed by atoms with Crippen molar-refractivity contribution >= 4 is 17.8 Å². The molecule has 0 aromatic heterocycles. The Bertz CT molecular complexity index is 645. The van der Waals surface area contributed by atoms with Gasteiger partial charge in [0.2, 0.25) is 0 Å². The molecule has 0 spiro atoms. The predicted octanol–water partition coefficient (Wildman–Crippen LogP) is 2.18. The zero-order valence-corrected chi connectivity index (χ0v) is 13.8. The van der Waals surface area contributed by atoms with Crippen LogP contribution in [0.2, 0.25) is 0 Å². The molecule has 2 atom stereocenters. The highest BCUT2D eigenvalue weighted by molar-refractivity contribution is 5.98. The van der Waals surface area contributed by atoms with Crippen molar-refractivity contribution in [3.63, 3.8) is 0 Å². The average molecular weight is 361 g/mol. The summed E-state index contributed by atoms with van der Waals surface area (Å²) in [4.78, 5) is 35.5. The lowest BCUT2D eigenvalue weighted by Crippen LogP contribution is -2.43. The lowest BCUT2D eigenvalue weighted by Gasteiger charge is -2.20. The van der Waals surface area contributed by atoms with Gasteiger partial charge in [-0.3, -0.25) is 9.59 Å². The van der Waals surface area contributed by atoms with Crippen LogP contribution in [0.3, 0.4) is 0 Å². The summed E-state index contributed by atoms with van der Waals surface area (Å²) in [7, 11) is 2.22. The minimum Gasteiger partial charge on any atom is -0.469 e. The second-order valence-corrected chi connectivity index (χ2v) is 5.25. The van der Waals surface area contributed by atoms with Crippen LogP contribution in [0.5, 0.6) is 0 Å². The van der Waals surface area contributed by atoms with Crippen LogP contribution in [0.15, 0.2) is 24.3 Å². The monoisotopic (exact) mass is 361 g/mol. The van der Waals surface area contributed by atoms with Crippen LogP contribution in [-0.2, 0) is 25.2 Å². The predicted molar refractivity (Wildman–Crippen MR) is 80.5 cm³/mol. The number of carbonyl (C=O) groups is 3. The molecule has 0 bridgehead atoms. The van der Waals surface area contributed by atoms with Gasteiger partial charge in [0.05, 0.1) is 31.3 Å². The molecule has 0 saturated heterocycles. The summed E-state index contributed by atoms with van der Waals surface area (Å²) in [5, 5.41) is 2.19. The highest BCUT2D eigenvalue weighted by atomic mass is 19.4. The van der Waals surface area contributed by atoms with Crippen LogP contribution >= 0.6 is 0 Å². The van der Waals surface area contributed by atoms with Gasteiger partial charge in [0.1, 0.15) is 6.04 Å². The summed E-state index contributed by atoms with van der Waals surface area (Å²) >= 11 is 0. The zero-order chi connectivity index (χ0) is 19.2. The molecule has 1 N–H and O–H groups in total. The third-order valence-electron chi connectivity index (χ3n) is 3.46. The number of hydrogen-bond acceptors (Lipinski definition) is 5. The molecule has 0 saturated carbocycles. The quantitative estimate of drug-likeness (QED) is 0.786. The highest BCUT2D eigenvalue weighted by Gasteiger charge is 2.36. The largest absolute Gasteiger partial charge is 0.469 e. The van der Waals surface area contributed by atoms with E-state index in [0.717, 1.165) is 32.4 Å². The Kier molecular flexibility index (Phi) is 6.96. The first kappa shape index (κ1) is 20.5. The molecule has 9 heteroatoms. The first-order valence-corrected chi connectivity index (χ1v) is 7.24. The number of carbonyl (C=O) groups excluding carboxylic acids is 3. The third-order valence-corrected chi connectivity index (χ3v) is 3.46. The van der Waals surface area contributed by atoms with Crippen LogP contribution in [0, 0.1) is 5.92 Å². The van der Waals surface area contributed by atoms with Gasteiger partial charge in [-0.05, 0) is 18.6 Å². The van der Waals surface area contributed by atoms with Crippen molar-refractivity contribution in [1.82, 2.24) is 5.32 Å². The van der Waals surface area contributed by atoms with Gasteiger partial charge in [0, 0.05) is 0 Å². The molecule has 0 unspecified atom stereocenters. The SMILES string of the molecule is COC(=O)[C@@H](C)C[C@@H](NC(=O)c1ccccc1C(F)(F)F)C(=O)OC. The van der Waals surface area contributed by atoms with Crippen LogP contribution < -0.4 is 5.32 Å². The lowest BCUT2D eigenvalue weighted by atomic mass is 10.0. The number of nitrogens with one attached hydrogen (secondary N) is 1. The molecule has 1 aromatic rings. The molecule has 0 fully saturated rings.